The van der Waals surface area contributed by atoms with Gasteiger partial charge in [-0.05, 0) is 64.4 Å². The third-order valence-electron chi connectivity index (χ3n) is 6.03. The van der Waals surface area contributed by atoms with Crippen molar-refractivity contribution in [2.45, 2.75) is 51.8 Å². The van der Waals surface area contributed by atoms with Crippen LogP contribution in [0.5, 0.6) is 5.75 Å². The molecule has 0 bridgehead atoms. The minimum atomic E-state index is -4.42. The maximum atomic E-state index is 12.9. The van der Waals surface area contributed by atoms with E-state index in [9.17, 15) is 22.8 Å². The van der Waals surface area contributed by atoms with E-state index in [1.54, 1.807) is 39.8 Å². The number of aliphatic imine (C=N–C) groups is 1. The number of ether oxygens (including phenoxy) is 2. The van der Waals surface area contributed by atoms with Crippen molar-refractivity contribution in [3.63, 3.8) is 0 Å². The van der Waals surface area contributed by atoms with Gasteiger partial charge in [-0.25, -0.2) is 9.78 Å². The van der Waals surface area contributed by atoms with Crippen molar-refractivity contribution in [3.8, 4) is 16.3 Å². The Kier molecular flexibility index (Phi) is 8.20. The molecule has 0 aliphatic carbocycles. The molecule has 1 aliphatic rings. The van der Waals surface area contributed by atoms with Gasteiger partial charge in [0.05, 0.1) is 17.9 Å². The molecule has 1 unspecified atom stereocenters. The van der Waals surface area contributed by atoms with Crippen LogP contribution in [0.15, 0.2) is 47.5 Å². The van der Waals surface area contributed by atoms with E-state index in [1.807, 2.05) is 6.07 Å². The van der Waals surface area contributed by atoms with Crippen molar-refractivity contribution < 1.29 is 32.2 Å². The van der Waals surface area contributed by atoms with Gasteiger partial charge < -0.3 is 20.5 Å². The number of halogens is 3. The molecule has 1 aliphatic heterocycles. The topological polar surface area (TPSA) is 116 Å². The van der Waals surface area contributed by atoms with Crippen molar-refractivity contribution in [2.24, 2.45) is 10.7 Å². The predicted molar refractivity (Wildman–Crippen MR) is 146 cm³/mol. The van der Waals surface area contributed by atoms with Crippen LogP contribution in [-0.2, 0) is 10.9 Å². The first-order chi connectivity index (χ1) is 18.7. The number of hydrogen-bond donors (Lipinski definition) is 2. The summed E-state index contributed by atoms with van der Waals surface area (Å²) in [6, 6.07) is 9.99. The molecule has 3 N–H and O–H groups in total. The molecule has 0 saturated heterocycles. The highest BCUT2D eigenvalue weighted by Gasteiger charge is 2.30. The molecule has 2 heterocycles. The van der Waals surface area contributed by atoms with Crippen molar-refractivity contribution in [1.29, 1.82) is 0 Å². The Morgan fingerprint density at radius 3 is 2.52 bits per heavy atom. The van der Waals surface area contributed by atoms with E-state index in [0.717, 1.165) is 29.0 Å². The zero-order valence-corrected chi connectivity index (χ0v) is 23.2. The molecule has 1 aromatic heterocycles. The molecule has 12 heteroatoms. The van der Waals surface area contributed by atoms with Gasteiger partial charge in [0.25, 0.3) is 5.91 Å². The van der Waals surface area contributed by atoms with E-state index in [4.69, 9.17) is 15.2 Å². The molecule has 8 nitrogen and oxygen atoms in total. The van der Waals surface area contributed by atoms with Crippen LogP contribution in [-0.4, -0.2) is 41.6 Å². The Morgan fingerprint density at radius 1 is 1.18 bits per heavy atom. The first-order valence-electron chi connectivity index (χ1n) is 12.5. The number of alkyl halides is 3. The lowest BCUT2D eigenvalue weighted by molar-refractivity contribution is -0.137. The van der Waals surface area contributed by atoms with E-state index in [2.05, 4.69) is 15.3 Å². The van der Waals surface area contributed by atoms with Crippen LogP contribution < -0.4 is 15.8 Å². The molecule has 0 saturated carbocycles. The lowest BCUT2D eigenvalue weighted by atomic mass is 9.96. The number of nitrogens with zero attached hydrogens (tertiary/aromatic N) is 2. The average Bonchev–Trinajstić information content (AvgIpc) is 3.45. The van der Waals surface area contributed by atoms with Gasteiger partial charge in [-0.2, -0.15) is 18.2 Å². The summed E-state index contributed by atoms with van der Waals surface area (Å²) in [5.74, 6) is 0.398. The summed E-state index contributed by atoms with van der Waals surface area (Å²) in [7, 11) is 0. The first kappa shape index (κ1) is 29.1. The van der Waals surface area contributed by atoms with E-state index >= 15 is 0 Å². The summed E-state index contributed by atoms with van der Waals surface area (Å²) < 4.78 is 49.5. The van der Waals surface area contributed by atoms with E-state index in [1.165, 1.54) is 12.1 Å². The Labute approximate surface area is 233 Å². The number of carbonyl (C=O) groups is 2. The second kappa shape index (κ2) is 11.3. The molecule has 212 valence electrons. The minimum Gasteiger partial charge on any atom is -0.493 e. The van der Waals surface area contributed by atoms with Crippen LogP contribution in [0.2, 0.25) is 0 Å². The molecule has 0 fully saturated rings. The minimum absolute atomic E-state index is 0.0187. The maximum absolute atomic E-state index is 12.9. The van der Waals surface area contributed by atoms with Gasteiger partial charge in [0.15, 0.2) is 0 Å². The number of fused-ring (bicyclic) bond motifs is 1. The maximum Gasteiger partial charge on any atom is 0.436 e. The van der Waals surface area contributed by atoms with E-state index in [-0.39, 0.29) is 17.7 Å². The molecule has 3 aromatic rings. The number of aryl methyl sites for hydroxylation is 1. The Balaban J connectivity index is 1.38. The third kappa shape index (κ3) is 6.98. The van der Waals surface area contributed by atoms with Gasteiger partial charge in [-0.15, -0.1) is 11.3 Å². The summed E-state index contributed by atoms with van der Waals surface area (Å²) in [6.45, 7) is 7.68. The fourth-order valence-electron chi connectivity index (χ4n) is 4.10. The normalized spacial score (nSPS) is 15.4. The molecule has 0 radical (unpaired) electrons. The van der Waals surface area contributed by atoms with Crippen LogP contribution in [0, 0.1) is 6.92 Å². The van der Waals surface area contributed by atoms with Crippen LogP contribution >= 0.6 is 11.3 Å². The van der Waals surface area contributed by atoms with Crippen molar-refractivity contribution in [2.75, 3.05) is 13.2 Å². The number of carbonyl (C=O) groups excluding carboxylic acids is 2. The summed E-state index contributed by atoms with van der Waals surface area (Å²) in [5, 5.41) is 3.36. The zero-order valence-electron chi connectivity index (χ0n) is 22.4. The van der Waals surface area contributed by atoms with Crippen molar-refractivity contribution in [3.05, 3.63) is 69.7 Å². The van der Waals surface area contributed by atoms with Gasteiger partial charge >= 0.3 is 12.3 Å². The lowest BCUT2D eigenvalue weighted by Crippen LogP contribution is -2.26. The summed E-state index contributed by atoms with van der Waals surface area (Å²) in [4.78, 5) is 33.5. The Hall–Kier alpha value is -3.93. The number of thiazole rings is 1. The van der Waals surface area contributed by atoms with Crippen molar-refractivity contribution in [1.82, 2.24) is 10.3 Å². The van der Waals surface area contributed by atoms with Gasteiger partial charge in [0.2, 0.25) is 0 Å². The molecular weight excluding hydrogens is 545 g/mol. The third-order valence-corrected chi connectivity index (χ3v) is 7.24. The largest absolute Gasteiger partial charge is 0.493 e. The fourth-order valence-corrected chi connectivity index (χ4v) is 5.09. The first-order valence-corrected chi connectivity index (χ1v) is 13.3. The van der Waals surface area contributed by atoms with E-state index in [0.29, 0.717) is 52.0 Å². The predicted octanol–water partition coefficient (Wildman–Crippen LogP) is 6.07. The number of nitrogens with two attached hydrogens (primary N) is 1. The molecule has 1 atom stereocenters. The van der Waals surface area contributed by atoms with E-state index < -0.39 is 23.4 Å². The highest BCUT2D eigenvalue weighted by molar-refractivity contribution is 7.17. The molecule has 2 aromatic carbocycles. The highest BCUT2D eigenvalue weighted by Crippen LogP contribution is 2.37. The van der Waals surface area contributed by atoms with Crippen LogP contribution in [0.3, 0.4) is 0 Å². The summed E-state index contributed by atoms with van der Waals surface area (Å²) >= 11 is 1.12. The van der Waals surface area contributed by atoms with Crippen LogP contribution in [0.1, 0.15) is 65.2 Å². The van der Waals surface area contributed by atoms with Gasteiger partial charge in [0, 0.05) is 29.2 Å². The number of benzene rings is 2. The standard InChI is InChI=1S/C28H29F3N4O4S/c1-15-22(40-25(34-15)16-5-8-19(9-6-16)28(29,30)31)24(36)33-12-11-18-14-38-21-10-7-17(13-20(18)21)23(32)35-26(37)39-27(2,3)4/h5-10,13,18H,11-12,14H2,1-4H3,(H,33,36)(H2,32,35,37). The number of amides is 2. The summed E-state index contributed by atoms with van der Waals surface area (Å²) in [6.07, 6.45) is -4.62. The van der Waals surface area contributed by atoms with Crippen molar-refractivity contribution >= 4 is 29.2 Å². The average molecular weight is 575 g/mol. The number of aromatic nitrogens is 1. The Morgan fingerprint density at radius 2 is 1.88 bits per heavy atom. The molecule has 4 rings (SSSR count). The van der Waals surface area contributed by atoms with Gasteiger partial charge in [-0.1, -0.05) is 12.1 Å². The fraction of sp³-hybridized carbons (Fsp3) is 0.357. The highest BCUT2D eigenvalue weighted by atomic mass is 32.1. The Bertz CT molecular complexity index is 1440. The molecule has 40 heavy (non-hydrogen) atoms. The number of nitrogens with one attached hydrogen (secondary N) is 1. The second-order valence-electron chi connectivity index (χ2n) is 10.3. The van der Waals surface area contributed by atoms with Gasteiger partial charge in [-0.3, -0.25) is 4.79 Å². The summed E-state index contributed by atoms with van der Waals surface area (Å²) in [5.41, 5.74) is 7.06. The zero-order chi connectivity index (χ0) is 29.2. The van der Waals surface area contributed by atoms with Crippen LogP contribution in [0.4, 0.5) is 18.0 Å². The van der Waals surface area contributed by atoms with Gasteiger partial charge in [0.1, 0.15) is 27.1 Å². The monoisotopic (exact) mass is 574 g/mol. The SMILES string of the molecule is Cc1nc(-c2ccc(C(F)(F)F)cc2)sc1C(=O)NCCC1COc2ccc(C(N)=NC(=O)OC(C)(C)C)cc21. The number of hydrogen-bond acceptors (Lipinski definition) is 6. The number of amidine groups is 1. The molecular formula is C28H29F3N4O4S. The molecule has 0 spiro atoms. The lowest BCUT2D eigenvalue weighted by Gasteiger charge is -2.17. The second-order valence-corrected chi connectivity index (χ2v) is 11.3. The smallest absolute Gasteiger partial charge is 0.436 e. The molecule has 2 amide bonds. The number of rotatable bonds is 6. The quantitative estimate of drug-likeness (QED) is 0.273. The van der Waals surface area contributed by atoms with Crippen LogP contribution in [0.25, 0.3) is 10.6 Å².